The summed E-state index contributed by atoms with van der Waals surface area (Å²) in [6, 6.07) is 15.3. The Labute approximate surface area is 149 Å². The van der Waals surface area contributed by atoms with Crippen LogP contribution in [0.25, 0.3) is 0 Å². The van der Waals surface area contributed by atoms with Gasteiger partial charge in [-0.1, -0.05) is 18.2 Å². The van der Waals surface area contributed by atoms with E-state index in [0.29, 0.717) is 22.8 Å². The van der Waals surface area contributed by atoms with Crippen molar-refractivity contribution in [1.29, 1.82) is 0 Å². The Balaban J connectivity index is 1.72. The molecule has 1 aliphatic rings. The first-order valence-electron chi connectivity index (χ1n) is 8.47. The van der Waals surface area contributed by atoms with Gasteiger partial charge in [-0.15, -0.1) is 0 Å². The highest BCUT2D eigenvalue weighted by Crippen LogP contribution is 2.26. The van der Waals surface area contributed by atoms with E-state index in [0.717, 1.165) is 25.1 Å². The van der Waals surface area contributed by atoms with Crippen LogP contribution >= 0.6 is 0 Å². The standard InChI is InChI=1S/C19H24N2O3S/c1-15-13-18(24-2)10-11-19(15)25(22,23)20-14-17-9-6-12-21(17)16-7-4-3-5-8-16/h3-5,7-8,10-11,13,17,20H,6,9,12,14H2,1-2H3. The van der Waals surface area contributed by atoms with Crippen molar-refractivity contribution in [3.8, 4) is 5.75 Å². The van der Waals surface area contributed by atoms with Crippen molar-refractivity contribution in [2.24, 2.45) is 0 Å². The van der Waals surface area contributed by atoms with Crippen molar-refractivity contribution in [1.82, 2.24) is 4.72 Å². The fraction of sp³-hybridized carbons (Fsp3) is 0.368. The molecule has 0 spiro atoms. The first kappa shape index (κ1) is 17.8. The third-order valence-electron chi connectivity index (χ3n) is 4.65. The van der Waals surface area contributed by atoms with E-state index in [2.05, 4.69) is 21.8 Å². The van der Waals surface area contributed by atoms with Crippen LogP contribution in [0.2, 0.25) is 0 Å². The van der Waals surface area contributed by atoms with Crippen LogP contribution in [0.15, 0.2) is 53.4 Å². The lowest BCUT2D eigenvalue weighted by Crippen LogP contribution is -2.40. The molecule has 1 aliphatic heterocycles. The lowest BCUT2D eigenvalue weighted by atomic mass is 10.2. The minimum atomic E-state index is -3.54. The number of para-hydroxylation sites is 1. The highest BCUT2D eigenvalue weighted by Gasteiger charge is 2.27. The number of rotatable bonds is 6. The third-order valence-corrected chi connectivity index (χ3v) is 6.23. The molecule has 134 valence electrons. The Kier molecular flexibility index (Phi) is 5.30. The van der Waals surface area contributed by atoms with Gasteiger partial charge in [-0.05, 0) is 55.7 Å². The summed E-state index contributed by atoms with van der Waals surface area (Å²) in [5.41, 5.74) is 1.82. The summed E-state index contributed by atoms with van der Waals surface area (Å²) < 4.78 is 33.3. The van der Waals surface area contributed by atoms with E-state index >= 15 is 0 Å². The summed E-state index contributed by atoms with van der Waals surface area (Å²) in [5.74, 6) is 0.655. The maximum Gasteiger partial charge on any atom is 0.240 e. The Morgan fingerprint density at radius 1 is 1.20 bits per heavy atom. The minimum absolute atomic E-state index is 0.177. The smallest absolute Gasteiger partial charge is 0.240 e. The maximum atomic E-state index is 12.7. The number of methoxy groups -OCH3 is 1. The SMILES string of the molecule is COc1ccc(S(=O)(=O)NCC2CCCN2c2ccccc2)c(C)c1. The van der Waals surface area contributed by atoms with Gasteiger partial charge in [0, 0.05) is 24.8 Å². The third kappa shape index (κ3) is 3.96. The van der Waals surface area contributed by atoms with E-state index in [9.17, 15) is 8.42 Å². The predicted molar refractivity (Wildman–Crippen MR) is 99.7 cm³/mol. The highest BCUT2D eigenvalue weighted by atomic mass is 32.2. The minimum Gasteiger partial charge on any atom is -0.497 e. The predicted octanol–water partition coefficient (Wildman–Crippen LogP) is 2.95. The number of benzene rings is 2. The van der Waals surface area contributed by atoms with E-state index < -0.39 is 10.0 Å². The second-order valence-corrected chi connectivity index (χ2v) is 8.04. The molecule has 0 saturated carbocycles. The molecule has 1 heterocycles. The van der Waals surface area contributed by atoms with Crippen LogP contribution in [-0.2, 0) is 10.0 Å². The van der Waals surface area contributed by atoms with Crippen molar-refractivity contribution in [3.63, 3.8) is 0 Å². The van der Waals surface area contributed by atoms with E-state index in [1.165, 1.54) is 0 Å². The van der Waals surface area contributed by atoms with Crippen LogP contribution in [-0.4, -0.2) is 34.7 Å². The number of ether oxygens (including phenoxy) is 1. The Bertz CT molecular complexity index is 822. The van der Waals surface area contributed by atoms with E-state index in [1.807, 2.05) is 18.2 Å². The van der Waals surface area contributed by atoms with Gasteiger partial charge in [0.25, 0.3) is 0 Å². The van der Waals surface area contributed by atoms with Crippen LogP contribution in [0.4, 0.5) is 5.69 Å². The molecule has 1 N–H and O–H groups in total. The molecular weight excluding hydrogens is 336 g/mol. The van der Waals surface area contributed by atoms with Crippen LogP contribution in [0, 0.1) is 6.92 Å². The van der Waals surface area contributed by atoms with Crippen molar-refractivity contribution in [2.75, 3.05) is 25.1 Å². The molecule has 1 fully saturated rings. The number of nitrogens with one attached hydrogen (secondary N) is 1. The van der Waals surface area contributed by atoms with E-state index in [-0.39, 0.29) is 6.04 Å². The summed E-state index contributed by atoms with van der Waals surface area (Å²) in [6.07, 6.45) is 2.06. The molecule has 6 heteroatoms. The van der Waals surface area contributed by atoms with E-state index in [4.69, 9.17) is 4.74 Å². The van der Waals surface area contributed by atoms with Crippen molar-refractivity contribution < 1.29 is 13.2 Å². The molecule has 1 atom stereocenters. The van der Waals surface area contributed by atoms with Gasteiger partial charge < -0.3 is 9.64 Å². The quantitative estimate of drug-likeness (QED) is 0.860. The molecule has 0 aliphatic carbocycles. The number of hydrogen-bond acceptors (Lipinski definition) is 4. The molecule has 25 heavy (non-hydrogen) atoms. The second-order valence-electron chi connectivity index (χ2n) is 6.31. The second kappa shape index (κ2) is 7.45. The maximum absolute atomic E-state index is 12.7. The van der Waals surface area contributed by atoms with Gasteiger partial charge in [-0.2, -0.15) is 0 Å². The van der Waals surface area contributed by atoms with Crippen LogP contribution in [0.1, 0.15) is 18.4 Å². The summed E-state index contributed by atoms with van der Waals surface area (Å²) >= 11 is 0. The number of nitrogens with zero attached hydrogens (tertiary/aromatic N) is 1. The Morgan fingerprint density at radius 3 is 2.64 bits per heavy atom. The summed E-state index contributed by atoms with van der Waals surface area (Å²) in [4.78, 5) is 2.58. The van der Waals surface area contributed by atoms with Gasteiger partial charge >= 0.3 is 0 Å². The molecular formula is C19H24N2O3S. The molecule has 2 aromatic rings. The average molecular weight is 360 g/mol. The Hall–Kier alpha value is -2.05. The largest absolute Gasteiger partial charge is 0.497 e. The van der Waals surface area contributed by atoms with Gasteiger partial charge in [-0.25, -0.2) is 13.1 Å². The molecule has 0 radical (unpaired) electrons. The zero-order chi connectivity index (χ0) is 17.9. The molecule has 2 aromatic carbocycles. The zero-order valence-corrected chi connectivity index (χ0v) is 15.4. The number of aryl methyl sites for hydroxylation is 1. The van der Waals surface area contributed by atoms with Crippen molar-refractivity contribution in [3.05, 3.63) is 54.1 Å². The van der Waals surface area contributed by atoms with E-state index in [1.54, 1.807) is 32.2 Å². The normalized spacial score (nSPS) is 17.7. The molecule has 0 bridgehead atoms. The van der Waals surface area contributed by atoms with Crippen LogP contribution < -0.4 is 14.4 Å². The molecule has 3 rings (SSSR count). The molecule has 5 nitrogen and oxygen atoms in total. The lowest BCUT2D eigenvalue weighted by molar-refractivity contribution is 0.414. The topological polar surface area (TPSA) is 58.6 Å². The van der Waals surface area contributed by atoms with Gasteiger partial charge in [0.15, 0.2) is 0 Å². The Morgan fingerprint density at radius 2 is 1.96 bits per heavy atom. The lowest BCUT2D eigenvalue weighted by Gasteiger charge is -2.27. The monoisotopic (exact) mass is 360 g/mol. The van der Waals surface area contributed by atoms with Gasteiger partial charge in [0.1, 0.15) is 5.75 Å². The number of hydrogen-bond donors (Lipinski definition) is 1. The molecule has 0 aromatic heterocycles. The fourth-order valence-corrected chi connectivity index (χ4v) is 4.64. The first-order valence-corrected chi connectivity index (χ1v) is 9.95. The summed E-state index contributed by atoms with van der Waals surface area (Å²) in [6.45, 7) is 3.14. The summed E-state index contributed by atoms with van der Waals surface area (Å²) in [5, 5.41) is 0. The number of sulfonamides is 1. The average Bonchev–Trinajstić information content (AvgIpc) is 3.09. The first-order chi connectivity index (χ1) is 12.0. The van der Waals surface area contributed by atoms with Gasteiger partial charge in [-0.3, -0.25) is 0 Å². The molecule has 1 unspecified atom stereocenters. The fourth-order valence-electron chi connectivity index (χ4n) is 3.34. The van der Waals surface area contributed by atoms with Gasteiger partial charge in [0.2, 0.25) is 10.0 Å². The highest BCUT2D eigenvalue weighted by molar-refractivity contribution is 7.89. The number of anilines is 1. The summed E-state index contributed by atoms with van der Waals surface area (Å²) in [7, 11) is -1.97. The van der Waals surface area contributed by atoms with Crippen molar-refractivity contribution >= 4 is 15.7 Å². The van der Waals surface area contributed by atoms with Crippen molar-refractivity contribution in [2.45, 2.75) is 30.7 Å². The van der Waals surface area contributed by atoms with Crippen LogP contribution in [0.5, 0.6) is 5.75 Å². The van der Waals surface area contributed by atoms with Gasteiger partial charge in [0.05, 0.1) is 12.0 Å². The zero-order valence-electron chi connectivity index (χ0n) is 14.6. The molecule has 0 amide bonds. The van der Waals surface area contributed by atoms with Crippen LogP contribution in [0.3, 0.4) is 0 Å². The molecule has 1 saturated heterocycles.